The zero-order valence-corrected chi connectivity index (χ0v) is 25.0. The Labute approximate surface area is 252 Å². The third kappa shape index (κ3) is 8.14. The molecule has 2 aromatic carbocycles. The van der Waals surface area contributed by atoms with Gasteiger partial charge in [-0.3, -0.25) is 14.2 Å². The Morgan fingerprint density at radius 3 is 2.26 bits per heavy atom. The summed E-state index contributed by atoms with van der Waals surface area (Å²) in [5.74, 6) is -0.243. The van der Waals surface area contributed by atoms with Crippen molar-refractivity contribution >= 4 is 11.5 Å². The normalized spacial score (nSPS) is 11.0. The lowest BCUT2D eigenvalue weighted by molar-refractivity contribution is 0.0141. The van der Waals surface area contributed by atoms with Gasteiger partial charge in [0, 0.05) is 36.6 Å². The Morgan fingerprint density at radius 2 is 1.58 bits per heavy atom. The molecule has 0 aliphatic carbocycles. The molecule has 4 rings (SSSR count). The second kappa shape index (κ2) is 15.8. The molecule has 0 radical (unpaired) electrons. The lowest BCUT2D eigenvalue weighted by Crippen LogP contribution is -2.28. The van der Waals surface area contributed by atoms with Crippen molar-refractivity contribution in [2.24, 2.45) is 0 Å². The van der Waals surface area contributed by atoms with E-state index in [-0.39, 0.29) is 23.3 Å². The molecule has 4 aromatic rings. The van der Waals surface area contributed by atoms with Gasteiger partial charge in [-0.1, -0.05) is 31.2 Å². The highest BCUT2D eigenvalue weighted by molar-refractivity contribution is 5.97. The minimum atomic E-state index is -0.357. The van der Waals surface area contributed by atoms with Gasteiger partial charge in [-0.2, -0.15) is 5.10 Å². The lowest BCUT2D eigenvalue weighted by atomic mass is 10.0. The van der Waals surface area contributed by atoms with Crippen LogP contribution in [0.4, 0.5) is 5.69 Å². The molecular formula is C34H38N4O5. The molecular weight excluding hydrogens is 544 g/mol. The number of carbonyl (C=O) groups is 1. The predicted molar refractivity (Wildman–Crippen MR) is 167 cm³/mol. The Kier molecular flexibility index (Phi) is 11.6. The van der Waals surface area contributed by atoms with Crippen molar-refractivity contribution in [3.8, 4) is 22.6 Å². The van der Waals surface area contributed by atoms with Gasteiger partial charge in [0.05, 0.1) is 56.1 Å². The van der Waals surface area contributed by atoms with E-state index in [9.17, 15) is 9.59 Å². The zero-order chi connectivity index (χ0) is 30.6. The number of pyridine rings is 1. The van der Waals surface area contributed by atoms with Crippen molar-refractivity contribution in [3.05, 3.63) is 105 Å². The van der Waals surface area contributed by atoms with Gasteiger partial charge in [-0.25, -0.2) is 9.53 Å². The standard InChI is InChI=1S/C34H38N4O5/c1-5-17-41-19-21-43-22-20-42-18-7-10-33(39)31-24-30(26(3)37(34(31)40)29-9-6-8-25(2)23-29)32-15-16-36-38(32)28-13-11-27(35-4)12-14-28/h6,8-9,11-16,23-24H,5,7,10,17-22H2,1-3H3. The van der Waals surface area contributed by atoms with Gasteiger partial charge < -0.3 is 14.2 Å². The molecule has 0 aliphatic rings. The fourth-order valence-corrected chi connectivity index (χ4v) is 4.78. The smallest absolute Gasteiger partial charge is 0.266 e. The van der Waals surface area contributed by atoms with Crippen LogP contribution in [-0.4, -0.2) is 59.8 Å². The second-order valence-corrected chi connectivity index (χ2v) is 10.2. The van der Waals surface area contributed by atoms with Gasteiger partial charge in [0.2, 0.25) is 0 Å². The maximum Gasteiger partial charge on any atom is 0.266 e. The van der Waals surface area contributed by atoms with E-state index in [0.29, 0.717) is 62.1 Å². The van der Waals surface area contributed by atoms with Gasteiger partial charge in [-0.15, -0.1) is 0 Å². The van der Waals surface area contributed by atoms with E-state index in [2.05, 4.69) is 16.9 Å². The largest absolute Gasteiger partial charge is 0.379 e. The number of ketones is 1. The Morgan fingerprint density at radius 1 is 0.884 bits per heavy atom. The van der Waals surface area contributed by atoms with Crippen LogP contribution in [0.5, 0.6) is 0 Å². The highest BCUT2D eigenvalue weighted by Gasteiger charge is 2.21. The summed E-state index contributed by atoms with van der Waals surface area (Å²) in [4.78, 5) is 30.8. The number of Topliss-reactive ketones (excluding diaryl/α,β-unsaturated/α-hetero) is 1. The third-order valence-electron chi connectivity index (χ3n) is 6.93. The molecule has 0 fully saturated rings. The molecule has 0 spiro atoms. The fourth-order valence-electron chi connectivity index (χ4n) is 4.78. The van der Waals surface area contributed by atoms with Crippen molar-refractivity contribution in [2.45, 2.75) is 40.0 Å². The summed E-state index contributed by atoms with van der Waals surface area (Å²) in [6, 6.07) is 18.3. The van der Waals surface area contributed by atoms with E-state index < -0.39 is 0 Å². The van der Waals surface area contributed by atoms with Gasteiger partial charge in [0.1, 0.15) is 0 Å². The SMILES string of the molecule is [C-]#[N+]c1ccc(-n2nccc2-c2cc(C(=O)CCCOCCOCCOCCC)c(=O)n(-c3cccc(C)c3)c2C)cc1. The van der Waals surface area contributed by atoms with Crippen LogP contribution in [0.25, 0.3) is 27.5 Å². The minimum Gasteiger partial charge on any atom is -0.379 e. The summed E-state index contributed by atoms with van der Waals surface area (Å²) in [6.07, 6.45) is 3.32. The first kappa shape index (κ1) is 31.6. The molecule has 2 heterocycles. The number of carbonyl (C=O) groups excluding carboxylic acids is 1. The summed E-state index contributed by atoms with van der Waals surface area (Å²) < 4.78 is 19.9. The third-order valence-corrected chi connectivity index (χ3v) is 6.93. The molecule has 0 saturated carbocycles. The molecule has 0 N–H and O–H groups in total. The van der Waals surface area contributed by atoms with Crippen LogP contribution in [0.1, 0.15) is 47.8 Å². The number of hydrogen-bond donors (Lipinski definition) is 0. The van der Waals surface area contributed by atoms with E-state index in [4.69, 9.17) is 20.8 Å². The van der Waals surface area contributed by atoms with Crippen LogP contribution in [0.2, 0.25) is 0 Å². The first-order valence-electron chi connectivity index (χ1n) is 14.6. The van der Waals surface area contributed by atoms with Crippen LogP contribution in [0.15, 0.2) is 71.7 Å². The van der Waals surface area contributed by atoms with Crippen LogP contribution >= 0.6 is 0 Å². The van der Waals surface area contributed by atoms with Crippen LogP contribution in [-0.2, 0) is 14.2 Å². The Balaban J connectivity index is 1.56. The van der Waals surface area contributed by atoms with Crippen LogP contribution in [0, 0.1) is 20.4 Å². The zero-order valence-electron chi connectivity index (χ0n) is 25.0. The Bertz CT molecular complexity index is 1620. The Hall–Kier alpha value is -4.36. The molecule has 0 unspecified atom stereocenters. The molecule has 43 heavy (non-hydrogen) atoms. The van der Waals surface area contributed by atoms with E-state index in [1.807, 2.05) is 56.3 Å². The number of aromatic nitrogens is 3. The summed E-state index contributed by atoms with van der Waals surface area (Å²) in [7, 11) is 0. The predicted octanol–water partition coefficient (Wildman–Crippen LogP) is 6.28. The number of hydrogen-bond acceptors (Lipinski definition) is 6. The molecule has 0 amide bonds. The summed E-state index contributed by atoms with van der Waals surface area (Å²) in [5.41, 5.74) is 4.88. The van der Waals surface area contributed by atoms with Crippen molar-refractivity contribution in [2.75, 3.05) is 39.6 Å². The van der Waals surface area contributed by atoms with Gasteiger partial charge in [0.25, 0.3) is 5.56 Å². The van der Waals surface area contributed by atoms with Crippen LogP contribution in [0.3, 0.4) is 0 Å². The lowest BCUT2D eigenvalue weighted by Gasteiger charge is -2.18. The van der Waals surface area contributed by atoms with Gasteiger partial charge >= 0.3 is 0 Å². The molecule has 9 nitrogen and oxygen atoms in total. The molecule has 0 atom stereocenters. The van der Waals surface area contributed by atoms with E-state index >= 15 is 0 Å². The molecule has 0 bridgehead atoms. The molecule has 9 heteroatoms. The molecule has 0 saturated heterocycles. The molecule has 2 aromatic heterocycles. The molecule has 0 aliphatic heterocycles. The van der Waals surface area contributed by atoms with E-state index in [0.717, 1.165) is 30.0 Å². The number of aryl methyl sites for hydroxylation is 1. The maximum absolute atomic E-state index is 13.8. The average molecular weight is 583 g/mol. The van der Waals surface area contributed by atoms with Gasteiger partial charge in [-0.05, 0) is 68.7 Å². The average Bonchev–Trinajstić information content (AvgIpc) is 3.50. The molecule has 224 valence electrons. The van der Waals surface area contributed by atoms with Crippen molar-refractivity contribution in [3.63, 3.8) is 0 Å². The highest BCUT2D eigenvalue weighted by Crippen LogP contribution is 2.28. The topological polar surface area (TPSA) is 88.9 Å². The summed E-state index contributed by atoms with van der Waals surface area (Å²) in [6.45, 7) is 16.2. The van der Waals surface area contributed by atoms with E-state index in [1.54, 1.807) is 33.6 Å². The van der Waals surface area contributed by atoms with Gasteiger partial charge in [0.15, 0.2) is 11.5 Å². The summed E-state index contributed by atoms with van der Waals surface area (Å²) in [5, 5.41) is 4.52. The van der Waals surface area contributed by atoms with Crippen molar-refractivity contribution < 1.29 is 19.0 Å². The summed E-state index contributed by atoms with van der Waals surface area (Å²) >= 11 is 0. The maximum atomic E-state index is 13.8. The quantitative estimate of drug-likeness (QED) is 0.0878. The van der Waals surface area contributed by atoms with Crippen molar-refractivity contribution in [1.29, 1.82) is 0 Å². The number of ether oxygens (including phenoxy) is 3. The monoisotopic (exact) mass is 582 g/mol. The number of benzene rings is 2. The number of nitrogens with zero attached hydrogens (tertiary/aromatic N) is 4. The first-order chi connectivity index (χ1) is 20.9. The minimum absolute atomic E-state index is 0.119. The van der Waals surface area contributed by atoms with E-state index in [1.165, 1.54) is 0 Å². The van der Waals surface area contributed by atoms with Crippen LogP contribution < -0.4 is 5.56 Å². The number of rotatable bonds is 16. The van der Waals surface area contributed by atoms with Crippen molar-refractivity contribution in [1.82, 2.24) is 14.3 Å². The fraction of sp³-hybridized carbons (Fsp3) is 0.353. The first-order valence-corrected chi connectivity index (χ1v) is 14.6. The highest BCUT2D eigenvalue weighted by atomic mass is 16.5. The second-order valence-electron chi connectivity index (χ2n) is 10.2.